The minimum Gasteiger partial charge on any atom is -0.492 e. The third-order valence-electron chi connectivity index (χ3n) is 4.03. The Morgan fingerprint density at radius 3 is 2.73 bits per heavy atom. The molecule has 4 heteroatoms. The largest absolute Gasteiger partial charge is 0.492 e. The van der Waals surface area contributed by atoms with Crippen LogP contribution in [-0.2, 0) is 11.8 Å². The number of rotatable bonds is 1. The van der Waals surface area contributed by atoms with Crippen molar-refractivity contribution >= 4 is 10.8 Å². The fourth-order valence-corrected chi connectivity index (χ4v) is 3.01. The van der Waals surface area contributed by atoms with E-state index in [1.165, 1.54) is 5.56 Å². The van der Waals surface area contributed by atoms with E-state index in [1.807, 2.05) is 6.07 Å². The molecule has 1 aliphatic rings. The molecule has 0 spiro atoms. The highest BCUT2D eigenvalue weighted by molar-refractivity contribution is 5.94. The number of aromatic nitrogens is 2. The van der Waals surface area contributed by atoms with Gasteiger partial charge in [0.15, 0.2) is 0 Å². The highest BCUT2D eigenvalue weighted by Crippen LogP contribution is 2.39. The van der Waals surface area contributed by atoms with Crippen molar-refractivity contribution in [3.05, 3.63) is 41.9 Å². The number of benzene rings is 1. The van der Waals surface area contributed by atoms with Crippen LogP contribution in [0.2, 0.25) is 0 Å². The summed E-state index contributed by atoms with van der Waals surface area (Å²) in [5, 5.41) is 2.24. The van der Waals surface area contributed by atoms with E-state index in [4.69, 9.17) is 14.1 Å². The van der Waals surface area contributed by atoms with Crippen LogP contribution in [0.4, 0.5) is 0 Å². The second-order valence-electron chi connectivity index (χ2n) is 6.69. The quantitative estimate of drug-likeness (QED) is 0.677. The van der Waals surface area contributed by atoms with Gasteiger partial charge in [-0.1, -0.05) is 32.9 Å². The van der Waals surface area contributed by atoms with Crippen LogP contribution in [0.3, 0.4) is 0 Å². The van der Waals surface area contributed by atoms with Gasteiger partial charge in [0.2, 0.25) is 5.89 Å². The molecule has 1 aliphatic heterocycles. The number of oxazole rings is 1. The van der Waals surface area contributed by atoms with Crippen LogP contribution in [0.15, 0.2) is 35.1 Å². The number of pyridine rings is 1. The standard InChI is InChI=1S/C18H18N2O2/c1-18(2,3)16-12-5-4-11-6-8-21-15(11)13(12)10-14(20-16)17-19-7-9-22-17/h4-5,7,9-10H,6,8H2,1-3H3. The Hall–Kier alpha value is -2.36. The van der Waals surface area contributed by atoms with E-state index in [1.54, 1.807) is 12.5 Å². The molecule has 0 fully saturated rings. The Morgan fingerprint density at radius 2 is 2.00 bits per heavy atom. The first-order chi connectivity index (χ1) is 10.5. The zero-order valence-electron chi connectivity index (χ0n) is 13.0. The maximum Gasteiger partial charge on any atom is 0.245 e. The van der Waals surface area contributed by atoms with Crippen molar-refractivity contribution in [3.8, 4) is 17.3 Å². The second kappa shape index (κ2) is 4.57. The smallest absolute Gasteiger partial charge is 0.245 e. The summed E-state index contributed by atoms with van der Waals surface area (Å²) in [6, 6.07) is 6.35. The van der Waals surface area contributed by atoms with Gasteiger partial charge in [0.25, 0.3) is 0 Å². The molecule has 0 atom stereocenters. The van der Waals surface area contributed by atoms with Crippen molar-refractivity contribution < 1.29 is 9.15 Å². The van der Waals surface area contributed by atoms with E-state index in [9.17, 15) is 0 Å². The summed E-state index contributed by atoms with van der Waals surface area (Å²) >= 11 is 0. The summed E-state index contributed by atoms with van der Waals surface area (Å²) in [6.45, 7) is 7.25. The molecular formula is C18H18N2O2. The van der Waals surface area contributed by atoms with E-state index in [0.29, 0.717) is 5.89 Å². The molecule has 0 amide bonds. The van der Waals surface area contributed by atoms with E-state index in [-0.39, 0.29) is 5.41 Å². The molecule has 3 heterocycles. The topological polar surface area (TPSA) is 48.2 Å². The zero-order valence-corrected chi connectivity index (χ0v) is 13.0. The third kappa shape index (κ3) is 1.98. The number of hydrogen-bond donors (Lipinski definition) is 0. The van der Waals surface area contributed by atoms with Crippen molar-refractivity contribution in [2.24, 2.45) is 0 Å². The van der Waals surface area contributed by atoms with Crippen LogP contribution in [0.1, 0.15) is 32.0 Å². The van der Waals surface area contributed by atoms with Gasteiger partial charge in [-0.2, -0.15) is 0 Å². The molecule has 0 saturated heterocycles. The summed E-state index contributed by atoms with van der Waals surface area (Å²) in [4.78, 5) is 9.07. The molecule has 0 unspecified atom stereocenters. The predicted molar refractivity (Wildman–Crippen MR) is 85.1 cm³/mol. The second-order valence-corrected chi connectivity index (χ2v) is 6.69. The molecule has 22 heavy (non-hydrogen) atoms. The fraction of sp³-hybridized carbons (Fsp3) is 0.333. The molecule has 0 N–H and O–H groups in total. The maximum absolute atomic E-state index is 5.87. The van der Waals surface area contributed by atoms with Gasteiger partial charge in [0, 0.05) is 22.6 Å². The predicted octanol–water partition coefficient (Wildman–Crippen LogP) is 4.12. The van der Waals surface area contributed by atoms with Gasteiger partial charge >= 0.3 is 0 Å². The molecule has 0 radical (unpaired) electrons. The van der Waals surface area contributed by atoms with Gasteiger partial charge < -0.3 is 9.15 Å². The summed E-state index contributed by atoms with van der Waals surface area (Å²) in [5.74, 6) is 1.53. The van der Waals surface area contributed by atoms with Crippen LogP contribution in [-0.4, -0.2) is 16.6 Å². The molecule has 3 aromatic rings. The highest BCUT2D eigenvalue weighted by atomic mass is 16.5. The van der Waals surface area contributed by atoms with Gasteiger partial charge in [-0.05, 0) is 11.6 Å². The molecule has 4 rings (SSSR count). The van der Waals surface area contributed by atoms with E-state index < -0.39 is 0 Å². The van der Waals surface area contributed by atoms with E-state index in [0.717, 1.165) is 40.9 Å². The Labute approximate surface area is 129 Å². The third-order valence-corrected chi connectivity index (χ3v) is 4.03. The lowest BCUT2D eigenvalue weighted by Gasteiger charge is -2.21. The molecule has 0 aliphatic carbocycles. The van der Waals surface area contributed by atoms with E-state index in [2.05, 4.69) is 37.9 Å². The van der Waals surface area contributed by atoms with E-state index >= 15 is 0 Å². The Morgan fingerprint density at radius 1 is 1.14 bits per heavy atom. The first-order valence-electron chi connectivity index (χ1n) is 7.54. The van der Waals surface area contributed by atoms with Gasteiger partial charge in [-0.25, -0.2) is 9.97 Å². The Balaban J connectivity index is 2.08. The summed E-state index contributed by atoms with van der Waals surface area (Å²) in [7, 11) is 0. The van der Waals surface area contributed by atoms with Gasteiger partial charge in [-0.3, -0.25) is 0 Å². The SMILES string of the molecule is CC(C)(C)c1nc(-c2ncco2)cc2c3c(ccc12)CCO3. The first kappa shape index (κ1) is 13.3. The molecular weight excluding hydrogens is 276 g/mol. The Kier molecular flexibility index (Phi) is 2.76. The van der Waals surface area contributed by atoms with Crippen molar-refractivity contribution in [3.63, 3.8) is 0 Å². The van der Waals surface area contributed by atoms with Crippen molar-refractivity contribution in [2.75, 3.05) is 6.61 Å². The molecule has 0 saturated carbocycles. The average Bonchev–Trinajstić information content (AvgIpc) is 3.16. The maximum atomic E-state index is 5.87. The van der Waals surface area contributed by atoms with Gasteiger partial charge in [-0.15, -0.1) is 0 Å². The van der Waals surface area contributed by atoms with Crippen molar-refractivity contribution in [1.29, 1.82) is 0 Å². The van der Waals surface area contributed by atoms with Crippen molar-refractivity contribution in [2.45, 2.75) is 32.6 Å². The average molecular weight is 294 g/mol. The van der Waals surface area contributed by atoms with Crippen LogP contribution in [0, 0.1) is 0 Å². The highest BCUT2D eigenvalue weighted by Gasteiger charge is 2.24. The molecule has 4 nitrogen and oxygen atoms in total. The number of hydrogen-bond acceptors (Lipinski definition) is 4. The number of ether oxygens (including phenoxy) is 1. The van der Waals surface area contributed by atoms with Crippen LogP contribution in [0.25, 0.3) is 22.4 Å². The molecule has 2 aromatic heterocycles. The lowest BCUT2D eigenvalue weighted by Crippen LogP contribution is -2.15. The zero-order chi connectivity index (χ0) is 15.3. The first-order valence-corrected chi connectivity index (χ1v) is 7.54. The molecule has 1 aromatic carbocycles. The fourth-order valence-electron chi connectivity index (χ4n) is 3.01. The summed E-state index contributed by atoms with van der Waals surface area (Å²) in [6.07, 6.45) is 4.18. The lowest BCUT2D eigenvalue weighted by molar-refractivity contribution is 0.360. The lowest BCUT2D eigenvalue weighted by atomic mass is 9.87. The van der Waals surface area contributed by atoms with Crippen molar-refractivity contribution in [1.82, 2.24) is 9.97 Å². The summed E-state index contributed by atoms with van der Waals surface area (Å²) < 4.78 is 11.3. The van der Waals surface area contributed by atoms with Crippen LogP contribution >= 0.6 is 0 Å². The number of nitrogens with zero attached hydrogens (tertiary/aromatic N) is 2. The molecule has 0 bridgehead atoms. The minimum absolute atomic E-state index is 0.0757. The van der Waals surface area contributed by atoms with Crippen LogP contribution in [0.5, 0.6) is 5.75 Å². The summed E-state index contributed by atoms with van der Waals surface area (Å²) in [5.41, 5.74) is 2.98. The normalized spacial score (nSPS) is 14.1. The van der Waals surface area contributed by atoms with Gasteiger partial charge in [0.1, 0.15) is 17.7 Å². The molecule has 112 valence electrons. The monoisotopic (exact) mass is 294 g/mol. The Bertz CT molecular complexity index is 846. The van der Waals surface area contributed by atoms with Crippen LogP contribution < -0.4 is 4.74 Å². The minimum atomic E-state index is -0.0757. The number of fused-ring (bicyclic) bond motifs is 3. The van der Waals surface area contributed by atoms with Gasteiger partial charge in [0.05, 0.1) is 18.5 Å².